The fraction of sp³-hybridized carbons (Fsp3) is 0.474. The van der Waals surface area contributed by atoms with E-state index in [1.54, 1.807) is 38.4 Å². The van der Waals surface area contributed by atoms with Crippen molar-refractivity contribution in [2.24, 2.45) is 5.73 Å². The van der Waals surface area contributed by atoms with Crippen LogP contribution in [0.4, 0.5) is 0 Å². The van der Waals surface area contributed by atoms with Gasteiger partial charge in [0.25, 0.3) is 5.91 Å². The third-order valence-corrected chi connectivity index (χ3v) is 5.49. The summed E-state index contributed by atoms with van der Waals surface area (Å²) >= 11 is 1.23. The molecule has 0 radical (unpaired) electrons. The highest BCUT2D eigenvalue weighted by Crippen LogP contribution is 2.24. The number of thioether (sulfide) groups is 1. The Kier molecular flexibility index (Phi) is 7.86. The summed E-state index contributed by atoms with van der Waals surface area (Å²) in [6.07, 6.45) is 2.13. The Morgan fingerprint density at radius 3 is 2.61 bits per heavy atom. The van der Waals surface area contributed by atoms with Gasteiger partial charge in [0.1, 0.15) is 6.04 Å². The number of piperidine rings is 1. The monoisotopic (exact) mass is 407 g/mol. The normalized spacial score (nSPS) is 16.4. The van der Waals surface area contributed by atoms with Crippen LogP contribution in [0.15, 0.2) is 29.2 Å². The highest BCUT2D eigenvalue weighted by atomic mass is 32.2. The Balaban J connectivity index is 1.98. The summed E-state index contributed by atoms with van der Waals surface area (Å²) in [5.41, 5.74) is 5.66. The SMILES string of the molecule is CN(C)C(=O)CSc1ccccc1C(=O)OCC(=O)N1CCCC[C@H]1C(N)=O. The Morgan fingerprint density at radius 1 is 1.21 bits per heavy atom. The van der Waals surface area contributed by atoms with Crippen LogP contribution >= 0.6 is 11.8 Å². The van der Waals surface area contributed by atoms with Crippen molar-refractivity contribution in [2.75, 3.05) is 33.0 Å². The van der Waals surface area contributed by atoms with E-state index in [9.17, 15) is 19.2 Å². The number of hydrogen-bond acceptors (Lipinski definition) is 6. The molecule has 1 heterocycles. The van der Waals surface area contributed by atoms with Gasteiger partial charge in [-0.3, -0.25) is 14.4 Å². The van der Waals surface area contributed by atoms with Crippen LogP contribution in [0, 0.1) is 0 Å². The third-order valence-electron chi connectivity index (χ3n) is 4.44. The number of likely N-dealkylation sites (tertiary alicyclic amines) is 1. The minimum Gasteiger partial charge on any atom is -0.452 e. The van der Waals surface area contributed by atoms with E-state index in [0.717, 1.165) is 12.8 Å². The maximum atomic E-state index is 12.5. The molecule has 2 N–H and O–H groups in total. The van der Waals surface area contributed by atoms with Gasteiger partial charge in [-0.1, -0.05) is 12.1 Å². The number of esters is 1. The Bertz CT molecular complexity index is 753. The van der Waals surface area contributed by atoms with Crippen molar-refractivity contribution in [1.82, 2.24) is 9.80 Å². The predicted octanol–water partition coefficient (Wildman–Crippen LogP) is 0.890. The van der Waals surface area contributed by atoms with E-state index in [1.165, 1.54) is 21.6 Å². The van der Waals surface area contributed by atoms with Crippen LogP contribution in [-0.4, -0.2) is 72.5 Å². The highest BCUT2D eigenvalue weighted by Gasteiger charge is 2.31. The summed E-state index contributed by atoms with van der Waals surface area (Å²) < 4.78 is 5.18. The molecule has 0 spiro atoms. The first-order valence-corrected chi connectivity index (χ1v) is 9.97. The van der Waals surface area contributed by atoms with Crippen molar-refractivity contribution in [2.45, 2.75) is 30.2 Å². The average molecular weight is 407 g/mol. The zero-order valence-corrected chi connectivity index (χ0v) is 16.9. The molecule has 8 nitrogen and oxygen atoms in total. The van der Waals surface area contributed by atoms with Crippen molar-refractivity contribution < 1.29 is 23.9 Å². The molecule has 0 aromatic heterocycles. The molecule has 1 aromatic carbocycles. The Hall–Kier alpha value is -2.55. The summed E-state index contributed by atoms with van der Waals surface area (Å²) in [5.74, 6) is -1.53. The van der Waals surface area contributed by atoms with Gasteiger partial charge in [0.05, 0.1) is 11.3 Å². The lowest BCUT2D eigenvalue weighted by Gasteiger charge is -2.33. The van der Waals surface area contributed by atoms with Gasteiger partial charge in [-0.05, 0) is 31.4 Å². The van der Waals surface area contributed by atoms with E-state index in [0.29, 0.717) is 17.9 Å². The average Bonchev–Trinajstić information content (AvgIpc) is 2.69. The number of benzene rings is 1. The van der Waals surface area contributed by atoms with Crippen LogP contribution in [0.5, 0.6) is 0 Å². The summed E-state index contributed by atoms with van der Waals surface area (Å²) in [7, 11) is 3.32. The van der Waals surface area contributed by atoms with E-state index in [1.807, 2.05) is 0 Å². The van der Waals surface area contributed by atoms with Gasteiger partial charge in [0, 0.05) is 25.5 Å². The molecule has 1 fully saturated rings. The van der Waals surface area contributed by atoms with Gasteiger partial charge < -0.3 is 20.3 Å². The zero-order valence-electron chi connectivity index (χ0n) is 16.1. The van der Waals surface area contributed by atoms with Crippen LogP contribution in [0.2, 0.25) is 0 Å². The second-order valence-electron chi connectivity index (χ2n) is 6.65. The number of nitrogens with zero attached hydrogens (tertiary/aromatic N) is 2. The quantitative estimate of drug-likeness (QED) is 0.531. The number of primary amides is 1. The van der Waals surface area contributed by atoms with Crippen LogP contribution in [0.1, 0.15) is 29.6 Å². The van der Waals surface area contributed by atoms with Crippen molar-refractivity contribution >= 4 is 35.5 Å². The first kappa shape index (κ1) is 21.7. The van der Waals surface area contributed by atoms with Crippen LogP contribution in [-0.2, 0) is 19.1 Å². The van der Waals surface area contributed by atoms with Crippen molar-refractivity contribution in [1.29, 1.82) is 0 Å². The minimum absolute atomic E-state index is 0.0778. The lowest BCUT2D eigenvalue weighted by Crippen LogP contribution is -2.51. The van der Waals surface area contributed by atoms with Gasteiger partial charge in [-0.25, -0.2) is 4.79 Å². The Labute approximate surface area is 168 Å². The molecule has 0 unspecified atom stereocenters. The van der Waals surface area contributed by atoms with E-state index < -0.39 is 30.4 Å². The number of carbonyl (C=O) groups is 4. The van der Waals surface area contributed by atoms with Gasteiger partial charge in [0.2, 0.25) is 11.8 Å². The summed E-state index contributed by atoms with van der Waals surface area (Å²) in [6.45, 7) is -0.0404. The first-order chi connectivity index (χ1) is 13.3. The standard InChI is InChI=1S/C19H25N3O5S/c1-21(2)17(24)12-28-15-9-4-3-7-13(15)19(26)27-11-16(23)22-10-6-5-8-14(22)18(20)25/h3-4,7,9,14H,5-6,8,10-12H2,1-2H3,(H2,20,25)/t14-/m0/s1. The highest BCUT2D eigenvalue weighted by molar-refractivity contribution is 8.00. The molecular weight excluding hydrogens is 382 g/mol. The van der Waals surface area contributed by atoms with E-state index >= 15 is 0 Å². The topological polar surface area (TPSA) is 110 Å². The van der Waals surface area contributed by atoms with Gasteiger partial charge in [-0.2, -0.15) is 0 Å². The van der Waals surface area contributed by atoms with Crippen molar-refractivity contribution in [3.05, 3.63) is 29.8 Å². The lowest BCUT2D eigenvalue weighted by atomic mass is 10.0. The predicted molar refractivity (Wildman–Crippen MR) is 105 cm³/mol. The number of ether oxygens (including phenoxy) is 1. The molecule has 9 heteroatoms. The molecule has 0 bridgehead atoms. The molecule has 1 aliphatic heterocycles. The number of carbonyl (C=O) groups excluding carboxylic acids is 4. The molecule has 3 amide bonds. The zero-order chi connectivity index (χ0) is 20.7. The maximum Gasteiger partial charge on any atom is 0.339 e. The second-order valence-corrected chi connectivity index (χ2v) is 7.67. The Morgan fingerprint density at radius 2 is 1.93 bits per heavy atom. The van der Waals surface area contributed by atoms with Crippen molar-refractivity contribution in [3.63, 3.8) is 0 Å². The fourth-order valence-electron chi connectivity index (χ4n) is 2.84. The largest absolute Gasteiger partial charge is 0.452 e. The molecule has 152 valence electrons. The van der Waals surface area contributed by atoms with E-state index in [2.05, 4.69) is 0 Å². The molecule has 1 saturated heterocycles. The fourth-order valence-corrected chi connectivity index (χ4v) is 3.86. The first-order valence-electron chi connectivity index (χ1n) is 8.99. The van der Waals surface area contributed by atoms with Crippen LogP contribution < -0.4 is 5.73 Å². The molecule has 0 saturated carbocycles. The molecular formula is C19H25N3O5S. The molecule has 2 rings (SSSR count). The van der Waals surface area contributed by atoms with Crippen LogP contribution in [0.25, 0.3) is 0 Å². The third kappa shape index (κ3) is 5.72. The second kappa shape index (κ2) is 10.1. The number of hydrogen-bond donors (Lipinski definition) is 1. The molecule has 1 aromatic rings. The molecule has 1 atom stereocenters. The van der Waals surface area contributed by atoms with Crippen LogP contribution in [0.3, 0.4) is 0 Å². The summed E-state index contributed by atoms with van der Waals surface area (Å²) in [4.78, 5) is 51.6. The molecule has 1 aliphatic rings. The van der Waals surface area contributed by atoms with Gasteiger partial charge >= 0.3 is 5.97 Å². The van der Waals surface area contributed by atoms with E-state index in [4.69, 9.17) is 10.5 Å². The smallest absolute Gasteiger partial charge is 0.339 e. The number of rotatable bonds is 7. The summed E-state index contributed by atoms with van der Waals surface area (Å²) in [6, 6.07) is 6.10. The maximum absolute atomic E-state index is 12.5. The van der Waals surface area contributed by atoms with Gasteiger partial charge in [-0.15, -0.1) is 11.8 Å². The number of nitrogens with two attached hydrogens (primary N) is 1. The minimum atomic E-state index is -0.653. The summed E-state index contributed by atoms with van der Waals surface area (Å²) in [5, 5.41) is 0. The van der Waals surface area contributed by atoms with Crippen molar-refractivity contribution in [3.8, 4) is 0 Å². The van der Waals surface area contributed by atoms with E-state index in [-0.39, 0.29) is 17.2 Å². The molecule has 28 heavy (non-hydrogen) atoms. The van der Waals surface area contributed by atoms with Gasteiger partial charge in [0.15, 0.2) is 6.61 Å². The number of amides is 3. The lowest BCUT2D eigenvalue weighted by molar-refractivity contribution is -0.143. The molecule has 0 aliphatic carbocycles.